The minimum absolute atomic E-state index is 0.176. The molecule has 4 N–H and O–H groups in total. The largest absolute Gasteiger partial charge is 0.379 e. The quantitative estimate of drug-likeness (QED) is 0.684. The third kappa shape index (κ3) is 2.80. The minimum Gasteiger partial charge on any atom is -0.379 e. The molecule has 19 heavy (non-hydrogen) atoms. The number of rotatable bonds is 2. The molecule has 9 heteroatoms. The average molecular weight is 282 g/mol. The van der Waals surface area contributed by atoms with Crippen LogP contribution in [0.4, 0.5) is 5.82 Å². The van der Waals surface area contributed by atoms with Crippen LogP contribution in [-0.4, -0.2) is 22.1 Å². The molecule has 1 heterocycles. The van der Waals surface area contributed by atoms with Gasteiger partial charge in [0.15, 0.2) is 0 Å². The van der Waals surface area contributed by atoms with Crippen LogP contribution in [0, 0.1) is 0 Å². The molecule has 0 saturated carbocycles. The summed E-state index contributed by atoms with van der Waals surface area (Å²) in [6, 6.07) is 6.38. The van der Waals surface area contributed by atoms with E-state index < -0.39 is 11.8 Å². The molecule has 2 aromatic rings. The highest BCUT2D eigenvalue weighted by atomic mass is 35.5. The lowest BCUT2D eigenvalue weighted by atomic mass is 10.2. The van der Waals surface area contributed by atoms with Gasteiger partial charge in [-0.05, 0) is 22.4 Å². The number of nitrogens with zero attached hydrogens (tertiary/aromatic N) is 2. The van der Waals surface area contributed by atoms with Gasteiger partial charge < -0.3 is 5.73 Å². The molecule has 0 saturated heterocycles. The smallest absolute Gasteiger partial charge is 0.295 e. The Morgan fingerprint density at radius 3 is 2.47 bits per heavy atom. The number of benzene rings is 1. The standard InChI is InChI=1S/C10H8ClN5O3/c11-6-4-2-1-3-5(6)9(17)13-14-10(18)7-8(12)16-19-15-7/h1-4H,(H2,12,16)(H,13,17)(H,14,18). The maximum absolute atomic E-state index is 11.7. The first-order valence-corrected chi connectivity index (χ1v) is 5.40. The Morgan fingerprint density at radius 2 is 1.84 bits per heavy atom. The van der Waals surface area contributed by atoms with Crippen molar-refractivity contribution in [2.24, 2.45) is 0 Å². The molecule has 1 aromatic heterocycles. The molecule has 0 spiro atoms. The second kappa shape index (κ2) is 5.36. The molecule has 0 aliphatic carbocycles. The number of nitrogens with two attached hydrogens (primary N) is 1. The lowest BCUT2D eigenvalue weighted by Crippen LogP contribution is -2.42. The highest BCUT2D eigenvalue weighted by Gasteiger charge is 2.17. The molecular formula is C10H8ClN5O3. The Balaban J connectivity index is 2.00. The molecule has 1 aromatic carbocycles. The fraction of sp³-hybridized carbons (Fsp3) is 0. The van der Waals surface area contributed by atoms with E-state index in [0.717, 1.165) is 0 Å². The molecule has 0 atom stereocenters. The molecule has 0 aliphatic rings. The van der Waals surface area contributed by atoms with Gasteiger partial charge in [-0.1, -0.05) is 23.7 Å². The number of hydrazine groups is 1. The molecule has 8 nitrogen and oxygen atoms in total. The van der Waals surface area contributed by atoms with Gasteiger partial charge in [0, 0.05) is 0 Å². The molecule has 0 fully saturated rings. The van der Waals surface area contributed by atoms with Gasteiger partial charge in [0.25, 0.3) is 11.8 Å². The number of nitrogens with one attached hydrogen (secondary N) is 2. The normalized spacial score (nSPS) is 9.95. The van der Waals surface area contributed by atoms with E-state index in [1.807, 2.05) is 0 Å². The second-order valence-corrected chi connectivity index (χ2v) is 3.79. The number of halogens is 1. The van der Waals surface area contributed by atoms with E-state index in [1.54, 1.807) is 18.2 Å². The number of nitrogen functional groups attached to an aromatic ring is 1. The maximum atomic E-state index is 11.7. The number of carbonyl (C=O) groups excluding carboxylic acids is 2. The maximum Gasteiger partial charge on any atom is 0.295 e. The number of hydrogen-bond acceptors (Lipinski definition) is 6. The predicted octanol–water partition coefficient (Wildman–Crippen LogP) is 0.380. The summed E-state index contributed by atoms with van der Waals surface area (Å²) in [5.41, 5.74) is 9.60. The van der Waals surface area contributed by atoms with Crippen LogP contribution in [0.25, 0.3) is 0 Å². The third-order valence-corrected chi connectivity index (χ3v) is 2.47. The first-order chi connectivity index (χ1) is 9.09. The monoisotopic (exact) mass is 281 g/mol. The molecule has 2 rings (SSSR count). The lowest BCUT2D eigenvalue weighted by Gasteiger charge is -2.06. The Morgan fingerprint density at radius 1 is 1.16 bits per heavy atom. The van der Waals surface area contributed by atoms with Gasteiger partial charge >= 0.3 is 0 Å². The summed E-state index contributed by atoms with van der Waals surface area (Å²) in [5, 5.41) is 6.78. The van der Waals surface area contributed by atoms with E-state index >= 15 is 0 Å². The van der Waals surface area contributed by atoms with E-state index in [1.165, 1.54) is 6.07 Å². The third-order valence-electron chi connectivity index (χ3n) is 2.14. The number of carbonyl (C=O) groups is 2. The summed E-state index contributed by atoms with van der Waals surface area (Å²) < 4.78 is 4.26. The van der Waals surface area contributed by atoms with Gasteiger partial charge in [-0.25, -0.2) is 4.63 Å². The van der Waals surface area contributed by atoms with Crippen LogP contribution in [0.3, 0.4) is 0 Å². The zero-order chi connectivity index (χ0) is 13.8. The Hall–Kier alpha value is -2.61. The van der Waals surface area contributed by atoms with E-state index in [-0.39, 0.29) is 22.1 Å². The fourth-order valence-corrected chi connectivity index (χ4v) is 1.46. The van der Waals surface area contributed by atoms with Crippen molar-refractivity contribution in [3.63, 3.8) is 0 Å². The highest BCUT2D eigenvalue weighted by molar-refractivity contribution is 6.33. The molecule has 2 amide bonds. The first kappa shape index (κ1) is 12.8. The van der Waals surface area contributed by atoms with Crippen molar-refractivity contribution in [2.45, 2.75) is 0 Å². The summed E-state index contributed by atoms with van der Waals surface area (Å²) in [5.74, 6) is -1.50. The van der Waals surface area contributed by atoms with Gasteiger partial charge in [-0.3, -0.25) is 20.4 Å². The summed E-state index contributed by atoms with van der Waals surface area (Å²) in [7, 11) is 0. The Bertz CT molecular complexity index is 627. The molecule has 98 valence electrons. The number of hydrogen-bond donors (Lipinski definition) is 3. The lowest BCUT2D eigenvalue weighted by molar-refractivity contribution is 0.0841. The van der Waals surface area contributed by atoms with Crippen LogP contribution in [0.5, 0.6) is 0 Å². The second-order valence-electron chi connectivity index (χ2n) is 3.39. The predicted molar refractivity (Wildman–Crippen MR) is 65.1 cm³/mol. The highest BCUT2D eigenvalue weighted by Crippen LogP contribution is 2.14. The van der Waals surface area contributed by atoms with Crippen molar-refractivity contribution >= 4 is 29.2 Å². The van der Waals surface area contributed by atoms with Crippen molar-refractivity contribution < 1.29 is 14.2 Å². The van der Waals surface area contributed by atoms with Crippen LogP contribution in [0.2, 0.25) is 5.02 Å². The van der Waals surface area contributed by atoms with Crippen molar-refractivity contribution in [3.8, 4) is 0 Å². The molecule has 0 aliphatic heterocycles. The number of anilines is 1. The van der Waals surface area contributed by atoms with E-state index in [0.29, 0.717) is 0 Å². The van der Waals surface area contributed by atoms with E-state index in [2.05, 4.69) is 25.8 Å². The number of amides is 2. The van der Waals surface area contributed by atoms with E-state index in [9.17, 15) is 9.59 Å². The minimum atomic E-state index is -0.751. The van der Waals surface area contributed by atoms with E-state index in [4.69, 9.17) is 17.3 Å². The SMILES string of the molecule is Nc1nonc1C(=O)NNC(=O)c1ccccc1Cl. The summed E-state index contributed by atoms with van der Waals surface area (Å²) >= 11 is 5.83. The molecular weight excluding hydrogens is 274 g/mol. The van der Waals surface area contributed by atoms with Crippen LogP contribution in [0.15, 0.2) is 28.9 Å². The van der Waals surface area contributed by atoms with Crippen LogP contribution in [0.1, 0.15) is 20.8 Å². The summed E-state index contributed by atoms with van der Waals surface area (Å²) in [6.45, 7) is 0. The summed E-state index contributed by atoms with van der Waals surface area (Å²) in [4.78, 5) is 23.3. The van der Waals surface area contributed by atoms with Crippen molar-refractivity contribution in [3.05, 3.63) is 40.5 Å². The van der Waals surface area contributed by atoms with Crippen LogP contribution >= 0.6 is 11.6 Å². The molecule has 0 radical (unpaired) electrons. The van der Waals surface area contributed by atoms with Crippen LogP contribution in [-0.2, 0) is 0 Å². The fourth-order valence-electron chi connectivity index (χ4n) is 1.24. The zero-order valence-electron chi connectivity index (χ0n) is 9.38. The van der Waals surface area contributed by atoms with Gasteiger partial charge in [0.1, 0.15) is 0 Å². The first-order valence-electron chi connectivity index (χ1n) is 5.03. The Labute approximate surface area is 111 Å². The topological polar surface area (TPSA) is 123 Å². The van der Waals surface area contributed by atoms with Crippen LogP contribution < -0.4 is 16.6 Å². The van der Waals surface area contributed by atoms with Crippen molar-refractivity contribution in [1.29, 1.82) is 0 Å². The molecule has 0 unspecified atom stereocenters. The average Bonchev–Trinajstić information content (AvgIpc) is 2.82. The van der Waals surface area contributed by atoms with Gasteiger partial charge in [0.2, 0.25) is 11.5 Å². The van der Waals surface area contributed by atoms with Gasteiger partial charge in [-0.2, -0.15) is 0 Å². The van der Waals surface area contributed by atoms with Crippen molar-refractivity contribution in [1.82, 2.24) is 21.2 Å². The van der Waals surface area contributed by atoms with Crippen molar-refractivity contribution in [2.75, 3.05) is 5.73 Å². The number of aromatic nitrogens is 2. The summed E-state index contributed by atoms with van der Waals surface area (Å²) in [6.07, 6.45) is 0. The van der Waals surface area contributed by atoms with Gasteiger partial charge in [0.05, 0.1) is 10.6 Å². The van der Waals surface area contributed by atoms with Gasteiger partial charge in [-0.15, -0.1) is 0 Å². The molecule has 0 bridgehead atoms. The zero-order valence-corrected chi connectivity index (χ0v) is 10.1. The Kier molecular flexibility index (Phi) is 3.62.